The molecule has 10 heteroatoms. The second-order valence-electron chi connectivity index (χ2n) is 14.3. The van der Waals surface area contributed by atoms with E-state index in [4.69, 9.17) is 9.47 Å². The van der Waals surface area contributed by atoms with Gasteiger partial charge in [0.25, 0.3) is 0 Å². The Balaban J connectivity index is 1.42. The van der Waals surface area contributed by atoms with E-state index in [0.29, 0.717) is 13.0 Å². The van der Waals surface area contributed by atoms with Gasteiger partial charge in [0.2, 0.25) is 0 Å². The van der Waals surface area contributed by atoms with E-state index in [1.165, 1.54) is 13.8 Å². The van der Waals surface area contributed by atoms with E-state index < -0.39 is 74.6 Å². The molecule has 4 saturated carbocycles. The summed E-state index contributed by atoms with van der Waals surface area (Å²) in [7, 11) is 0. The molecular weight excluding hydrogens is 542 g/mol. The van der Waals surface area contributed by atoms with E-state index in [0.717, 1.165) is 5.56 Å². The highest BCUT2D eigenvalue weighted by Gasteiger charge is 3.10. The van der Waals surface area contributed by atoms with Crippen LogP contribution in [0, 0.1) is 22.7 Å². The normalized spacial score (nSPS) is 51.8. The van der Waals surface area contributed by atoms with E-state index >= 15 is 0 Å². The summed E-state index contributed by atoms with van der Waals surface area (Å²) in [6.45, 7) is 8.35. The van der Waals surface area contributed by atoms with Gasteiger partial charge >= 0.3 is 5.97 Å². The molecule has 6 bridgehead atoms. The standard InChI is InChI=1S/C32H41NO9/c1-18(2)29(38)24(41-23(35)21-12-9-15-33(21)16-20-10-7-6-8-11-20)30(39)25(4)17-28(37)26(29,5)32(30,40)31(42-28)22(34)19(3)13-14-27(25,31)36/h6-12,15,18-19,22,24,34,36-40H,13-14,16-17H2,1-5H3/t19-,22+,24+,25-,26+,27-,28-,29+,30+,31+,32+/m0/s1. The molecule has 42 heavy (non-hydrogen) atoms. The summed E-state index contributed by atoms with van der Waals surface area (Å²) in [6.07, 6.45) is -1.52. The third-order valence-electron chi connectivity index (χ3n) is 12.7. The van der Waals surface area contributed by atoms with Crippen molar-refractivity contribution >= 4 is 5.97 Å². The number of hydrogen-bond acceptors (Lipinski definition) is 9. The lowest BCUT2D eigenvalue weighted by molar-refractivity contribution is -0.390. The first-order chi connectivity index (χ1) is 19.5. The predicted octanol–water partition coefficient (Wildman–Crippen LogP) is 1.33. The average Bonchev–Trinajstić information content (AvgIpc) is 3.50. The molecule has 0 unspecified atom stereocenters. The monoisotopic (exact) mass is 583 g/mol. The summed E-state index contributed by atoms with van der Waals surface area (Å²) in [5.41, 5.74) is -14.4. The van der Waals surface area contributed by atoms with Crippen LogP contribution in [0.15, 0.2) is 48.7 Å². The van der Waals surface area contributed by atoms with Crippen LogP contribution in [0.25, 0.3) is 0 Å². The first-order valence-corrected chi connectivity index (χ1v) is 14.9. The lowest BCUT2D eigenvalue weighted by Gasteiger charge is -2.60. The van der Waals surface area contributed by atoms with Crippen molar-refractivity contribution in [2.45, 2.75) is 106 Å². The fourth-order valence-corrected chi connectivity index (χ4v) is 10.6. The van der Waals surface area contributed by atoms with Crippen LogP contribution >= 0.6 is 0 Å². The number of esters is 1. The molecule has 1 aromatic heterocycles. The van der Waals surface area contributed by atoms with Gasteiger partial charge in [0, 0.05) is 24.6 Å². The minimum atomic E-state index is -2.62. The molecule has 2 saturated heterocycles. The Hall–Kier alpha value is -2.31. The molecular formula is C32H41NO9. The summed E-state index contributed by atoms with van der Waals surface area (Å²) in [5, 5.41) is 75.4. The molecule has 1 spiro atoms. The van der Waals surface area contributed by atoms with Gasteiger partial charge in [-0.3, -0.25) is 0 Å². The Bertz CT molecular complexity index is 1480. The van der Waals surface area contributed by atoms with Crippen LogP contribution in [0.5, 0.6) is 0 Å². The van der Waals surface area contributed by atoms with Crippen LogP contribution in [-0.2, 0) is 16.0 Å². The van der Waals surface area contributed by atoms with Gasteiger partial charge < -0.3 is 44.7 Å². The molecule has 1 aromatic carbocycles. The van der Waals surface area contributed by atoms with Crippen LogP contribution in [-0.4, -0.2) is 87.2 Å². The Morgan fingerprint density at radius 1 is 1.07 bits per heavy atom. The molecule has 11 atom stereocenters. The third-order valence-corrected chi connectivity index (χ3v) is 12.7. The molecule has 228 valence electrons. The number of ether oxygens (including phenoxy) is 2. The van der Waals surface area contributed by atoms with Gasteiger partial charge in [-0.2, -0.15) is 0 Å². The summed E-state index contributed by atoms with van der Waals surface area (Å²) in [6, 6.07) is 12.8. The quantitative estimate of drug-likeness (QED) is 0.285. The number of aliphatic hydroxyl groups excluding tert-OH is 1. The van der Waals surface area contributed by atoms with Gasteiger partial charge in [-0.1, -0.05) is 58.0 Å². The van der Waals surface area contributed by atoms with Gasteiger partial charge in [0.1, 0.15) is 28.1 Å². The number of hydrogen-bond donors (Lipinski definition) is 6. The minimum absolute atomic E-state index is 0.0548. The topological polar surface area (TPSA) is 162 Å². The number of carbonyl (C=O) groups excluding carboxylic acids is 1. The number of benzene rings is 1. The molecule has 6 N–H and O–H groups in total. The molecule has 0 amide bonds. The molecule has 8 rings (SSSR count). The van der Waals surface area contributed by atoms with Crippen molar-refractivity contribution in [1.29, 1.82) is 0 Å². The van der Waals surface area contributed by atoms with Crippen LogP contribution in [0.3, 0.4) is 0 Å². The molecule has 4 aliphatic carbocycles. The van der Waals surface area contributed by atoms with Gasteiger partial charge in [-0.15, -0.1) is 0 Å². The zero-order valence-electron chi connectivity index (χ0n) is 24.6. The van der Waals surface area contributed by atoms with Crippen molar-refractivity contribution in [3.05, 3.63) is 59.9 Å². The lowest BCUT2D eigenvalue weighted by Crippen LogP contribution is -2.75. The van der Waals surface area contributed by atoms with Gasteiger partial charge in [-0.05, 0) is 49.3 Å². The van der Waals surface area contributed by atoms with E-state index in [-0.39, 0.29) is 18.5 Å². The van der Waals surface area contributed by atoms with E-state index in [2.05, 4.69) is 0 Å². The van der Waals surface area contributed by atoms with Crippen molar-refractivity contribution < 1.29 is 44.9 Å². The van der Waals surface area contributed by atoms with Crippen LogP contribution in [0.2, 0.25) is 0 Å². The van der Waals surface area contributed by atoms with Crippen molar-refractivity contribution in [2.24, 2.45) is 22.7 Å². The number of nitrogens with zero attached hydrogens (tertiary/aromatic N) is 1. The zero-order valence-corrected chi connectivity index (χ0v) is 24.6. The maximum Gasteiger partial charge on any atom is 0.355 e. The fraction of sp³-hybridized carbons (Fsp3) is 0.656. The smallest absolute Gasteiger partial charge is 0.355 e. The van der Waals surface area contributed by atoms with Crippen LogP contribution in [0.4, 0.5) is 0 Å². The largest absolute Gasteiger partial charge is 0.451 e. The Kier molecular flexibility index (Phi) is 5.32. The fourth-order valence-electron chi connectivity index (χ4n) is 10.6. The molecule has 6 fully saturated rings. The van der Waals surface area contributed by atoms with Gasteiger partial charge in [0.15, 0.2) is 17.5 Å². The predicted molar refractivity (Wildman–Crippen MR) is 148 cm³/mol. The second kappa shape index (κ2) is 7.85. The number of aromatic nitrogens is 1. The zero-order chi connectivity index (χ0) is 30.5. The maximum atomic E-state index is 14.0. The highest BCUT2D eigenvalue weighted by Crippen LogP contribution is 2.90. The Morgan fingerprint density at radius 3 is 2.38 bits per heavy atom. The Labute approximate surface area is 244 Å². The summed E-state index contributed by atoms with van der Waals surface area (Å²) in [5.74, 6) is -4.38. The first kappa shape index (κ1) is 28.5. The van der Waals surface area contributed by atoms with Crippen molar-refractivity contribution in [3.63, 3.8) is 0 Å². The second-order valence-corrected chi connectivity index (χ2v) is 14.3. The maximum absolute atomic E-state index is 14.0. The van der Waals surface area contributed by atoms with Crippen LogP contribution < -0.4 is 0 Å². The first-order valence-electron chi connectivity index (χ1n) is 14.9. The summed E-state index contributed by atoms with van der Waals surface area (Å²) >= 11 is 0. The Morgan fingerprint density at radius 2 is 1.74 bits per heavy atom. The number of rotatable bonds is 5. The van der Waals surface area contributed by atoms with E-state index in [9.17, 15) is 35.4 Å². The molecule has 10 nitrogen and oxygen atoms in total. The minimum Gasteiger partial charge on any atom is -0.451 e. The van der Waals surface area contributed by atoms with E-state index in [1.807, 2.05) is 30.3 Å². The molecule has 6 aliphatic rings. The van der Waals surface area contributed by atoms with Crippen molar-refractivity contribution in [3.8, 4) is 0 Å². The molecule has 2 aromatic rings. The molecule has 2 aliphatic heterocycles. The molecule has 3 heterocycles. The number of aliphatic hydroxyl groups is 6. The molecule has 0 radical (unpaired) electrons. The number of carbonyl (C=O) groups is 1. The average molecular weight is 584 g/mol. The third kappa shape index (κ3) is 2.39. The SMILES string of the molecule is CC(C)[C@@]1(O)[C@@H](OC(=O)c2cccn2Cc2ccccc2)[C@@]2(O)[C@@]3(C)C[C@]4(O)O[C@@]5([C@H](O)[C@@H](C)CC[C@]35O)[C@@]2(O)[C@@]14C. The van der Waals surface area contributed by atoms with Crippen LogP contribution in [0.1, 0.15) is 69.9 Å². The lowest BCUT2D eigenvalue weighted by atomic mass is 9.52. The van der Waals surface area contributed by atoms with E-state index in [1.54, 1.807) is 43.7 Å². The summed E-state index contributed by atoms with van der Waals surface area (Å²) in [4.78, 5) is 14.0. The highest BCUT2D eigenvalue weighted by molar-refractivity contribution is 5.88. The van der Waals surface area contributed by atoms with Gasteiger partial charge in [-0.25, -0.2) is 4.79 Å². The summed E-state index contributed by atoms with van der Waals surface area (Å²) < 4.78 is 14.1. The highest BCUT2D eigenvalue weighted by atomic mass is 16.7. The van der Waals surface area contributed by atoms with Gasteiger partial charge in [0.05, 0.1) is 11.5 Å². The van der Waals surface area contributed by atoms with Crippen molar-refractivity contribution in [2.75, 3.05) is 0 Å². The van der Waals surface area contributed by atoms with Crippen molar-refractivity contribution in [1.82, 2.24) is 4.57 Å².